The number of anilines is 1. The molecule has 1 aliphatic rings. The largest absolute Gasteiger partial charge is 0.386 e. The zero-order valence-electron chi connectivity index (χ0n) is 10.9. The highest BCUT2D eigenvalue weighted by Gasteiger charge is 2.32. The average Bonchev–Trinajstić information content (AvgIpc) is 2.83. The summed E-state index contributed by atoms with van der Waals surface area (Å²) < 4.78 is 5.18. The van der Waals surface area contributed by atoms with Gasteiger partial charge in [-0.25, -0.2) is 4.98 Å². The van der Waals surface area contributed by atoms with Crippen LogP contribution in [0.25, 0.3) is 0 Å². The molecule has 0 bridgehead atoms. The molecule has 0 amide bonds. The van der Waals surface area contributed by atoms with Gasteiger partial charge in [-0.15, -0.1) is 5.10 Å². The second-order valence-electron chi connectivity index (χ2n) is 4.62. The number of rotatable bonds is 5. The lowest BCUT2D eigenvalue weighted by atomic mass is 10.0. The molecule has 2 heterocycles. The van der Waals surface area contributed by atoms with Gasteiger partial charge in [0.2, 0.25) is 5.95 Å². The van der Waals surface area contributed by atoms with Crippen LogP contribution in [0.3, 0.4) is 0 Å². The van der Waals surface area contributed by atoms with Crippen LogP contribution in [-0.4, -0.2) is 45.6 Å². The lowest BCUT2D eigenvalue weighted by Crippen LogP contribution is -2.37. The molecule has 1 aromatic rings. The monoisotopic (exact) mass is 252 g/mol. The van der Waals surface area contributed by atoms with Gasteiger partial charge < -0.3 is 15.2 Å². The summed E-state index contributed by atoms with van der Waals surface area (Å²) in [4.78, 5) is 4.42. The van der Waals surface area contributed by atoms with Crippen molar-refractivity contribution in [3.05, 3.63) is 11.4 Å². The minimum absolute atomic E-state index is 0.362. The summed E-state index contributed by atoms with van der Waals surface area (Å²) in [6, 6.07) is 0. The molecule has 1 aromatic heterocycles. The molecule has 1 fully saturated rings. The van der Waals surface area contributed by atoms with Crippen molar-refractivity contribution in [2.45, 2.75) is 38.7 Å². The lowest BCUT2D eigenvalue weighted by Gasteiger charge is -2.20. The van der Waals surface area contributed by atoms with Crippen LogP contribution in [0.2, 0.25) is 0 Å². The van der Waals surface area contributed by atoms with Crippen molar-refractivity contribution in [2.75, 3.05) is 25.1 Å². The molecule has 2 N–H and O–H groups in total. The third-order valence-corrected chi connectivity index (χ3v) is 3.17. The van der Waals surface area contributed by atoms with Gasteiger partial charge in [0.1, 0.15) is 5.60 Å². The van der Waals surface area contributed by atoms with Gasteiger partial charge in [0.15, 0.2) is 0 Å². The van der Waals surface area contributed by atoms with Gasteiger partial charge in [-0.05, 0) is 12.8 Å². The summed E-state index contributed by atoms with van der Waals surface area (Å²) in [5.41, 5.74) is 1.09. The Morgan fingerprint density at radius 2 is 2.06 bits per heavy atom. The van der Waals surface area contributed by atoms with Crippen molar-refractivity contribution in [2.24, 2.45) is 0 Å². The quantitative estimate of drug-likeness (QED) is 0.797. The fraction of sp³-hybridized carbons (Fsp3) is 0.750. The van der Waals surface area contributed by atoms with Gasteiger partial charge in [0.25, 0.3) is 0 Å². The van der Waals surface area contributed by atoms with Crippen LogP contribution in [-0.2, 0) is 17.6 Å². The van der Waals surface area contributed by atoms with E-state index in [1.165, 1.54) is 0 Å². The third kappa shape index (κ3) is 2.94. The molecule has 6 heteroatoms. The van der Waals surface area contributed by atoms with Crippen molar-refractivity contribution >= 4 is 5.95 Å². The highest BCUT2D eigenvalue weighted by atomic mass is 16.5. The molecule has 0 saturated carbocycles. The van der Waals surface area contributed by atoms with Gasteiger partial charge >= 0.3 is 0 Å². The maximum Gasteiger partial charge on any atom is 0.243 e. The summed E-state index contributed by atoms with van der Waals surface area (Å²) in [5.74, 6) is 0.476. The molecule has 1 saturated heterocycles. The Labute approximate surface area is 107 Å². The van der Waals surface area contributed by atoms with Crippen molar-refractivity contribution in [3.8, 4) is 0 Å². The minimum Gasteiger partial charge on any atom is -0.386 e. The molecule has 100 valence electrons. The molecule has 1 atom stereocenters. The summed E-state index contributed by atoms with van der Waals surface area (Å²) in [6.07, 6.45) is 2.31. The Bertz CT molecular complexity index is 405. The fourth-order valence-electron chi connectivity index (χ4n) is 1.99. The molecule has 6 nitrogen and oxygen atoms in total. The number of nitrogens with one attached hydrogen (secondary N) is 1. The summed E-state index contributed by atoms with van der Waals surface area (Å²) in [5, 5.41) is 21.3. The SMILES string of the molecule is CCc1nnc(NCC2(O)CCOC2)nc1CC. The Morgan fingerprint density at radius 3 is 2.67 bits per heavy atom. The number of aryl methyl sites for hydroxylation is 2. The first-order valence-electron chi connectivity index (χ1n) is 6.43. The number of hydrogen-bond donors (Lipinski definition) is 2. The fourth-order valence-corrected chi connectivity index (χ4v) is 1.99. The van der Waals surface area contributed by atoms with Crippen molar-refractivity contribution < 1.29 is 9.84 Å². The molecule has 18 heavy (non-hydrogen) atoms. The highest BCUT2D eigenvalue weighted by Crippen LogP contribution is 2.18. The van der Waals surface area contributed by atoms with E-state index in [0.29, 0.717) is 32.1 Å². The zero-order valence-corrected chi connectivity index (χ0v) is 10.9. The molecular weight excluding hydrogens is 232 g/mol. The topological polar surface area (TPSA) is 80.2 Å². The highest BCUT2D eigenvalue weighted by molar-refractivity contribution is 5.26. The lowest BCUT2D eigenvalue weighted by molar-refractivity contribution is 0.0380. The Balaban J connectivity index is 2.01. The van der Waals surface area contributed by atoms with Crippen molar-refractivity contribution in [3.63, 3.8) is 0 Å². The molecule has 1 aliphatic heterocycles. The summed E-state index contributed by atoms with van der Waals surface area (Å²) in [6.45, 7) is 5.44. The predicted octanol–water partition coefficient (Wildman–Crippen LogP) is 0.560. The van der Waals surface area contributed by atoms with Crippen molar-refractivity contribution in [1.82, 2.24) is 15.2 Å². The van der Waals surface area contributed by atoms with E-state index < -0.39 is 5.60 Å². The standard InChI is InChI=1S/C12H20N4O2/c1-3-9-10(4-2)15-16-11(14-9)13-7-12(17)5-6-18-8-12/h17H,3-8H2,1-2H3,(H,13,14,16). The van der Waals surface area contributed by atoms with Crippen LogP contribution >= 0.6 is 0 Å². The maximum atomic E-state index is 10.1. The molecular formula is C12H20N4O2. The zero-order chi connectivity index (χ0) is 13.0. The maximum absolute atomic E-state index is 10.1. The van der Waals surface area contributed by atoms with E-state index in [0.717, 1.165) is 24.2 Å². The van der Waals surface area contributed by atoms with Gasteiger partial charge in [0.05, 0.1) is 18.0 Å². The number of aromatic nitrogens is 3. The second-order valence-corrected chi connectivity index (χ2v) is 4.62. The second kappa shape index (κ2) is 5.58. The van der Waals surface area contributed by atoms with E-state index in [2.05, 4.69) is 20.5 Å². The first kappa shape index (κ1) is 13.2. The van der Waals surface area contributed by atoms with E-state index in [9.17, 15) is 5.11 Å². The summed E-state index contributed by atoms with van der Waals surface area (Å²) in [7, 11) is 0. The van der Waals surface area contributed by atoms with Gasteiger partial charge in [-0.2, -0.15) is 5.10 Å². The Morgan fingerprint density at radius 1 is 1.28 bits per heavy atom. The molecule has 0 spiro atoms. The van der Waals surface area contributed by atoms with Gasteiger partial charge in [0, 0.05) is 19.6 Å². The number of aliphatic hydroxyl groups is 1. The smallest absolute Gasteiger partial charge is 0.243 e. The van der Waals surface area contributed by atoms with Crippen LogP contribution in [0.4, 0.5) is 5.95 Å². The van der Waals surface area contributed by atoms with Crippen LogP contribution in [0.15, 0.2) is 0 Å². The van der Waals surface area contributed by atoms with E-state index in [1.807, 2.05) is 13.8 Å². The van der Waals surface area contributed by atoms with Crippen LogP contribution in [0.1, 0.15) is 31.7 Å². The van der Waals surface area contributed by atoms with Crippen LogP contribution < -0.4 is 5.32 Å². The molecule has 0 aromatic carbocycles. The number of hydrogen-bond acceptors (Lipinski definition) is 6. The Hall–Kier alpha value is -1.27. The molecule has 2 rings (SSSR count). The molecule has 1 unspecified atom stereocenters. The van der Waals surface area contributed by atoms with E-state index in [1.54, 1.807) is 0 Å². The van der Waals surface area contributed by atoms with E-state index in [4.69, 9.17) is 4.74 Å². The average molecular weight is 252 g/mol. The Kier molecular flexibility index (Phi) is 4.08. The van der Waals surface area contributed by atoms with E-state index in [-0.39, 0.29) is 0 Å². The minimum atomic E-state index is -0.806. The van der Waals surface area contributed by atoms with Crippen molar-refractivity contribution in [1.29, 1.82) is 0 Å². The first-order chi connectivity index (χ1) is 8.67. The third-order valence-electron chi connectivity index (χ3n) is 3.17. The normalized spacial score (nSPS) is 23.3. The van der Waals surface area contributed by atoms with Crippen LogP contribution in [0, 0.1) is 0 Å². The molecule has 0 aliphatic carbocycles. The predicted molar refractivity (Wildman–Crippen MR) is 67.5 cm³/mol. The van der Waals surface area contributed by atoms with Gasteiger partial charge in [-0.3, -0.25) is 0 Å². The molecule has 0 radical (unpaired) electrons. The summed E-state index contributed by atoms with van der Waals surface area (Å²) >= 11 is 0. The first-order valence-corrected chi connectivity index (χ1v) is 6.43. The van der Waals surface area contributed by atoms with Gasteiger partial charge in [-0.1, -0.05) is 13.8 Å². The number of ether oxygens (including phenoxy) is 1. The van der Waals surface area contributed by atoms with Crippen LogP contribution in [0.5, 0.6) is 0 Å². The van der Waals surface area contributed by atoms with E-state index >= 15 is 0 Å². The number of nitrogens with zero attached hydrogens (tertiary/aromatic N) is 3.